The van der Waals surface area contributed by atoms with E-state index in [-0.39, 0.29) is 41.8 Å². The van der Waals surface area contributed by atoms with Gasteiger partial charge in [-0.25, -0.2) is 8.78 Å². The summed E-state index contributed by atoms with van der Waals surface area (Å²) >= 11 is 0. The van der Waals surface area contributed by atoms with E-state index in [1.54, 1.807) is 24.3 Å². The van der Waals surface area contributed by atoms with Crippen molar-refractivity contribution in [3.05, 3.63) is 166 Å². The van der Waals surface area contributed by atoms with Gasteiger partial charge in [0.15, 0.2) is 5.78 Å². The molecular formula is C51H56F2N2O8. The van der Waals surface area contributed by atoms with Crippen molar-refractivity contribution in [3.63, 3.8) is 0 Å². The highest BCUT2D eigenvalue weighted by molar-refractivity contribution is 5.99. The summed E-state index contributed by atoms with van der Waals surface area (Å²) in [7, 11) is 0. The Labute approximate surface area is 368 Å². The Morgan fingerprint density at radius 3 is 1.71 bits per heavy atom. The zero-order valence-electron chi connectivity index (χ0n) is 35.5. The number of rotatable bonds is 6. The number of halogens is 2. The van der Waals surface area contributed by atoms with E-state index in [9.17, 15) is 18.7 Å². The Morgan fingerprint density at radius 2 is 1.11 bits per heavy atom. The van der Waals surface area contributed by atoms with Gasteiger partial charge in [-0.3, -0.25) is 9.69 Å². The predicted octanol–water partition coefficient (Wildman–Crippen LogP) is 7.89. The van der Waals surface area contributed by atoms with Crippen LogP contribution in [0.5, 0.6) is 11.5 Å². The van der Waals surface area contributed by atoms with Crippen molar-refractivity contribution in [2.24, 2.45) is 0 Å². The molecule has 0 aromatic heterocycles. The van der Waals surface area contributed by atoms with Crippen LogP contribution in [0.1, 0.15) is 63.9 Å². The highest BCUT2D eigenvalue weighted by atomic mass is 19.1. The van der Waals surface area contributed by atoms with Crippen molar-refractivity contribution >= 4 is 5.78 Å². The molecule has 3 fully saturated rings. The van der Waals surface area contributed by atoms with Crippen molar-refractivity contribution in [2.45, 2.75) is 68.9 Å². The molecular weight excluding hydrogens is 807 g/mol. The lowest BCUT2D eigenvalue weighted by atomic mass is 9.87. The zero-order valence-corrected chi connectivity index (χ0v) is 35.5. The van der Waals surface area contributed by atoms with Crippen LogP contribution in [0, 0.1) is 11.6 Å². The number of hydrogen-bond acceptors (Lipinski definition) is 10. The van der Waals surface area contributed by atoms with E-state index in [0.717, 1.165) is 99.7 Å². The number of piperidine rings is 2. The average molecular weight is 863 g/mol. The van der Waals surface area contributed by atoms with Gasteiger partial charge in [0.25, 0.3) is 0 Å². The number of carbonyl (C=O) groups is 1. The molecule has 2 N–H and O–H groups in total. The van der Waals surface area contributed by atoms with Gasteiger partial charge in [0.05, 0.1) is 39.6 Å². The molecule has 10 nitrogen and oxygen atoms in total. The minimum atomic E-state index is -0.959. The topological polar surface area (TPSA) is 111 Å². The molecule has 6 aliphatic rings. The summed E-state index contributed by atoms with van der Waals surface area (Å²) in [5.74, 6) is 1.08. The Balaban J connectivity index is 0.000000124. The number of aliphatic hydroxyl groups is 1. The highest BCUT2D eigenvalue weighted by Gasteiger charge is 2.49. The number of Topliss-reactive ketones (excluding diaryl/α,β-unsaturated/α-hetero) is 1. The van der Waals surface area contributed by atoms with Gasteiger partial charge in [-0.15, -0.1) is 0 Å². The number of ketones is 1. The van der Waals surface area contributed by atoms with Crippen molar-refractivity contribution in [3.8, 4) is 11.5 Å². The number of likely N-dealkylation sites (tertiary alicyclic amines) is 1. The standard InChI is InChI=1S/C21H24FNO3.C11H14FNO.C10H10O2.C9H8O2/c22-17-5-7-18(8-6-17)26-19-9-11-23(12-10-19)14-21(24)15-25-13-16-3-1-2-4-20(16)21;12-9-1-3-10(4-2-9)14-11-5-7-13-8-6-11;1-2-4-9-8(3-1)5-11-6-10(9)7-12-10;10-9-6-11-5-7-3-1-2-4-8(7)9/h1-8,19,24H,9-15H2;1-4,11,13H,5-8H2;1-4H,5-7H2;1-4H,5-6H2. The van der Waals surface area contributed by atoms with Gasteiger partial charge in [-0.05, 0) is 115 Å². The molecule has 2 atom stereocenters. The molecule has 1 spiro atoms. The molecule has 63 heavy (non-hydrogen) atoms. The third kappa shape index (κ3) is 12.0. The molecule has 2 unspecified atom stereocenters. The van der Waals surface area contributed by atoms with Gasteiger partial charge in [0, 0.05) is 25.2 Å². The van der Waals surface area contributed by atoms with E-state index >= 15 is 0 Å². The number of β-amino-alcohol motifs (C(OH)–C–C–N with tert-alkyl or cyclic N) is 1. The van der Waals surface area contributed by atoms with E-state index in [0.29, 0.717) is 32.1 Å². The first-order chi connectivity index (χ1) is 30.7. The maximum absolute atomic E-state index is 13.0. The first-order valence-electron chi connectivity index (χ1n) is 21.9. The van der Waals surface area contributed by atoms with E-state index < -0.39 is 5.60 Å². The van der Waals surface area contributed by atoms with Gasteiger partial charge in [-0.2, -0.15) is 0 Å². The predicted molar refractivity (Wildman–Crippen MR) is 234 cm³/mol. The maximum Gasteiger partial charge on any atom is 0.188 e. The van der Waals surface area contributed by atoms with Crippen molar-refractivity contribution in [1.29, 1.82) is 0 Å². The van der Waals surface area contributed by atoms with Crippen molar-refractivity contribution in [1.82, 2.24) is 10.2 Å². The molecule has 0 bridgehead atoms. The lowest BCUT2D eigenvalue weighted by Gasteiger charge is -2.40. The van der Waals surface area contributed by atoms with Crippen LogP contribution in [-0.2, 0) is 50.0 Å². The fourth-order valence-corrected chi connectivity index (χ4v) is 8.59. The smallest absolute Gasteiger partial charge is 0.188 e. The van der Waals surface area contributed by atoms with Gasteiger partial charge in [-0.1, -0.05) is 72.8 Å². The average Bonchev–Trinajstić information content (AvgIpc) is 4.10. The van der Waals surface area contributed by atoms with Crippen LogP contribution in [0.25, 0.3) is 0 Å². The van der Waals surface area contributed by atoms with Crippen molar-refractivity contribution < 1.29 is 47.1 Å². The molecule has 12 heteroatoms. The van der Waals surface area contributed by atoms with Gasteiger partial charge in [0.1, 0.15) is 53.2 Å². The van der Waals surface area contributed by atoms with Gasteiger partial charge >= 0.3 is 0 Å². The number of fused-ring (bicyclic) bond motifs is 4. The van der Waals surface area contributed by atoms with Crippen molar-refractivity contribution in [2.75, 3.05) is 59.2 Å². The molecule has 0 radical (unpaired) electrons. The second-order valence-electron chi connectivity index (χ2n) is 16.8. The quantitative estimate of drug-likeness (QED) is 0.164. The lowest BCUT2D eigenvalue weighted by molar-refractivity contribution is -0.0940. The summed E-state index contributed by atoms with van der Waals surface area (Å²) in [5.41, 5.74) is 5.46. The lowest BCUT2D eigenvalue weighted by Crippen LogP contribution is -2.49. The number of benzene rings is 5. The Hall–Kier alpha value is -5.05. The van der Waals surface area contributed by atoms with Crippen LogP contribution in [0.2, 0.25) is 0 Å². The Morgan fingerprint density at radius 1 is 0.603 bits per heavy atom. The van der Waals surface area contributed by atoms with Crippen LogP contribution in [0.15, 0.2) is 121 Å². The van der Waals surface area contributed by atoms with Gasteiger partial charge in [0.2, 0.25) is 0 Å². The van der Waals surface area contributed by atoms with Crippen LogP contribution in [0.4, 0.5) is 8.78 Å². The molecule has 0 saturated carbocycles. The molecule has 6 aliphatic heterocycles. The highest BCUT2D eigenvalue weighted by Crippen LogP contribution is 2.43. The van der Waals surface area contributed by atoms with E-state index in [2.05, 4.69) is 28.4 Å². The summed E-state index contributed by atoms with van der Waals surface area (Å²) < 4.78 is 58.8. The molecule has 5 aromatic rings. The second-order valence-corrected chi connectivity index (χ2v) is 16.8. The number of nitrogens with zero attached hydrogens (tertiary/aromatic N) is 1. The first-order valence-corrected chi connectivity index (χ1v) is 21.9. The molecule has 332 valence electrons. The molecule has 5 aromatic carbocycles. The van der Waals surface area contributed by atoms with E-state index in [1.165, 1.54) is 35.4 Å². The van der Waals surface area contributed by atoms with E-state index in [1.807, 2.05) is 54.6 Å². The number of carbonyl (C=O) groups excluding carboxylic acids is 1. The summed E-state index contributed by atoms with van der Waals surface area (Å²) in [6, 6.07) is 36.3. The fraction of sp³-hybridized carbons (Fsp3) is 0.392. The molecule has 6 heterocycles. The maximum atomic E-state index is 13.0. The molecule has 0 aliphatic carbocycles. The number of nitrogens with one attached hydrogen (secondary N) is 1. The van der Waals surface area contributed by atoms with Crippen LogP contribution in [0.3, 0.4) is 0 Å². The monoisotopic (exact) mass is 862 g/mol. The van der Waals surface area contributed by atoms with Crippen LogP contribution in [-0.4, -0.2) is 87.1 Å². The number of ether oxygens (including phenoxy) is 6. The minimum absolute atomic E-state index is 0.0607. The number of epoxide rings is 1. The fourth-order valence-electron chi connectivity index (χ4n) is 8.59. The normalized spacial score (nSPS) is 22.9. The van der Waals surface area contributed by atoms with E-state index in [4.69, 9.17) is 28.4 Å². The second kappa shape index (κ2) is 21.1. The summed E-state index contributed by atoms with van der Waals surface area (Å²) in [6.45, 7) is 8.27. The zero-order chi connectivity index (χ0) is 43.5. The third-order valence-electron chi connectivity index (χ3n) is 12.1. The molecule has 0 amide bonds. The number of hydrogen-bond donors (Lipinski definition) is 2. The summed E-state index contributed by atoms with van der Waals surface area (Å²) in [6.07, 6.45) is 4.23. The largest absolute Gasteiger partial charge is 0.490 e. The SMILES string of the molecule is Fc1ccc(OC2CCNCC2)cc1.O=C1COCc2ccccc21.OC1(CN2CCC(Oc3ccc(F)cc3)CC2)COCc2ccccc21.c1ccc2c(c1)COCC21CO1. The molecule has 11 rings (SSSR count). The van der Waals surface area contributed by atoms with Crippen LogP contribution < -0.4 is 14.8 Å². The summed E-state index contributed by atoms with van der Waals surface area (Å²) in [5, 5.41) is 14.4. The minimum Gasteiger partial charge on any atom is -0.490 e. The van der Waals surface area contributed by atoms with Gasteiger partial charge < -0.3 is 38.8 Å². The summed E-state index contributed by atoms with van der Waals surface area (Å²) in [4.78, 5) is 13.4. The first kappa shape index (κ1) is 44.6. The van der Waals surface area contributed by atoms with Crippen LogP contribution >= 0.6 is 0 Å². The Kier molecular flexibility index (Phi) is 14.9. The Bertz CT molecular complexity index is 2240. The third-order valence-corrected chi connectivity index (χ3v) is 12.1. The molecule has 3 saturated heterocycles.